The summed E-state index contributed by atoms with van der Waals surface area (Å²) in [6.07, 6.45) is 13.2. The fourth-order valence-electron chi connectivity index (χ4n) is 2.57. The van der Waals surface area contributed by atoms with Crippen LogP contribution in [-0.2, 0) is 4.74 Å². The van der Waals surface area contributed by atoms with Crippen molar-refractivity contribution in [2.45, 2.75) is 89.8 Å². The second-order valence-electron chi connectivity index (χ2n) is 5.38. The van der Waals surface area contributed by atoms with Crippen molar-refractivity contribution in [3.63, 3.8) is 0 Å². The molecular weight excluding hydrogens is 212 g/mol. The van der Waals surface area contributed by atoms with Gasteiger partial charge in [0.05, 0.1) is 12.2 Å². The van der Waals surface area contributed by atoms with Crippen LogP contribution in [0.3, 0.4) is 0 Å². The van der Waals surface area contributed by atoms with E-state index in [2.05, 4.69) is 6.92 Å². The van der Waals surface area contributed by atoms with Gasteiger partial charge in [0.15, 0.2) is 0 Å². The summed E-state index contributed by atoms with van der Waals surface area (Å²) < 4.78 is 5.86. The smallest absolute Gasteiger partial charge is 0.0833 e. The summed E-state index contributed by atoms with van der Waals surface area (Å²) in [7, 11) is 0. The number of rotatable bonds is 7. The van der Waals surface area contributed by atoms with Crippen molar-refractivity contribution in [1.82, 2.24) is 0 Å². The molecule has 0 radical (unpaired) electrons. The highest BCUT2D eigenvalue weighted by Crippen LogP contribution is 2.20. The predicted octanol–water partition coefficient (Wildman–Crippen LogP) is 4.06. The first kappa shape index (κ1) is 15.0. The monoisotopic (exact) mass is 242 g/mol. The van der Waals surface area contributed by atoms with Gasteiger partial charge < -0.3 is 9.84 Å². The lowest BCUT2D eigenvalue weighted by Gasteiger charge is -2.25. The average molecular weight is 242 g/mol. The molecule has 1 saturated carbocycles. The van der Waals surface area contributed by atoms with Crippen LogP contribution >= 0.6 is 0 Å². The van der Waals surface area contributed by atoms with Gasteiger partial charge in [-0.25, -0.2) is 0 Å². The van der Waals surface area contributed by atoms with Crippen LogP contribution in [0.1, 0.15) is 77.6 Å². The summed E-state index contributed by atoms with van der Waals surface area (Å²) in [6, 6.07) is 0. The molecule has 0 bridgehead atoms. The molecule has 102 valence electrons. The molecule has 17 heavy (non-hydrogen) atoms. The SMILES string of the molecule is CCCCCCCOC1CCCCCCC1O. The second kappa shape index (κ2) is 9.90. The minimum Gasteiger partial charge on any atom is -0.390 e. The van der Waals surface area contributed by atoms with Crippen LogP contribution in [-0.4, -0.2) is 23.9 Å². The van der Waals surface area contributed by atoms with E-state index in [9.17, 15) is 5.11 Å². The molecule has 0 spiro atoms. The van der Waals surface area contributed by atoms with E-state index >= 15 is 0 Å². The lowest BCUT2D eigenvalue weighted by Crippen LogP contribution is -2.30. The van der Waals surface area contributed by atoms with Crippen LogP contribution in [0.2, 0.25) is 0 Å². The van der Waals surface area contributed by atoms with Crippen LogP contribution in [0.4, 0.5) is 0 Å². The van der Waals surface area contributed by atoms with Gasteiger partial charge in [-0.05, 0) is 19.3 Å². The average Bonchev–Trinajstić information content (AvgIpc) is 2.32. The Morgan fingerprint density at radius 3 is 2.41 bits per heavy atom. The summed E-state index contributed by atoms with van der Waals surface area (Å²) in [6.45, 7) is 3.08. The molecule has 2 atom stereocenters. The molecule has 0 heterocycles. The van der Waals surface area contributed by atoms with Crippen molar-refractivity contribution in [2.24, 2.45) is 0 Å². The molecule has 1 fully saturated rings. The highest BCUT2D eigenvalue weighted by atomic mass is 16.5. The number of hydrogen-bond donors (Lipinski definition) is 1. The largest absolute Gasteiger partial charge is 0.390 e. The quantitative estimate of drug-likeness (QED) is 0.682. The molecule has 0 amide bonds. The highest BCUT2D eigenvalue weighted by Gasteiger charge is 2.20. The Kier molecular flexibility index (Phi) is 8.72. The van der Waals surface area contributed by atoms with Gasteiger partial charge in [0, 0.05) is 6.61 Å². The van der Waals surface area contributed by atoms with E-state index in [1.807, 2.05) is 0 Å². The summed E-state index contributed by atoms with van der Waals surface area (Å²) in [5, 5.41) is 9.99. The third-order valence-corrected chi connectivity index (χ3v) is 3.75. The Bertz CT molecular complexity index is 170. The van der Waals surface area contributed by atoms with Gasteiger partial charge in [-0.1, -0.05) is 58.3 Å². The number of ether oxygens (including phenoxy) is 1. The molecule has 0 saturated heterocycles. The van der Waals surface area contributed by atoms with Gasteiger partial charge in [0.1, 0.15) is 0 Å². The first-order valence-electron chi connectivity index (χ1n) is 7.64. The molecule has 0 aromatic heterocycles. The maximum Gasteiger partial charge on any atom is 0.0833 e. The number of hydrogen-bond acceptors (Lipinski definition) is 2. The Hall–Kier alpha value is -0.0800. The zero-order valence-electron chi connectivity index (χ0n) is 11.5. The Balaban J connectivity index is 2.06. The molecule has 2 nitrogen and oxygen atoms in total. The Labute approximate surface area is 107 Å². The molecule has 1 N–H and O–H groups in total. The fraction of sp³-hybridized carbons (Fsp3) is 1.00. The van der Waals surface area contributed by atoms with Gasteiger partial charge >= 0.3 is 0 Å². The lowest BCUT2D eigenvalue weighted by molar-refractivity contribution is -0.0502. The predicted molar refractivity (Wildman–Crippen MR) is 72.2 cm³/mol. The van der Waals surface area contributed by atoms with Gasteiger partial charge in [-0.2, -0.15) is 0 Å². The van der Waals surface area contributed by atoms with Crippen LogP contribution in [0.5, 0.6) is 0 Å². The molecule has 0 aliphatic heterocycles. The summed E-state index contributed by atoms with van der Waals surface area (Å²) >= 11 is 0. The van der Waals surface area contributed by atoms with Crippen molar-refractivity contribution >= 4 is 0 Å². The molecule has 2 heteroatoms. The van der Waals surface area contributed by atoms with Crippen LogP contribution in [0.25, 0.3) is 0 Å². The van der Waals surface area contributed by atoms with Gasteiger partial charge in [0.25, 0.3) is 0 Å². The summed E-state index contributed by atoms with van der Waals surface area (Å²) in [4.78, 5) is 0. The van der Waals surface area contributed by atoms with Crippen molar-refractivity contribution in [3.05, 3.63) is 0 Å². The Morgan fingerprint density at radius 2 is 1.65 bits per heavy atom. The fourth-order valence-corrected chi connectivity index (χ4v) is 2.57. The topological polar surface area (TPSA) is 29.5 Å². The molecule has 1 aliphatic rings. The maximum atomic E-state index is 9.99. The third-order valence-electron chi connectivity index (χ3n) is 3.75. The van der Waals surface area contributed by atoms with E-state index in [4.69, 9.17) is 4.74 Å². The zero-order valence-corrected chi connectivity index (χ0v) is 11.5. The van der Waals surface area contributed by atoms with Crippen molar-refractivity contribution < 1.29 is 9.84 Å². The Morgan fingerprint density at radius 1 is 0.941 bits per heavy atom. The van der Waals surface area contributed by atoms with Crippen LogP contribution < -0.4 is 0 Å². The molecule has 0 aromatic carbocycles. The lowest BCUT2D eigenvalue weighted by atomic mass is 9.96. The minimum absolute atomic E-state index is 0.112. The molecule has 1 aliphatic carbocycles. The molecule has 1 rings (SSSR count). The molecular formula is C15H30O2. The maximum absolute atomic E-state index is 9.99. The summed E-state index contributed by atoms with van der Waals surface area (Å²) in [5.41, 5.74) is 0. The second-order valence-corrected chi connectivity index (χ2v) is 5.38. The number of unbranched alkanes of at least 4 members (excludes halogenated alkanes) is 4. The van der Waals surface area contributed by atoms with E-state index in [1.165, 1.54) is 44.9 Å². The molecule has 0 aromatic rings. The van der Waals surface area contributed by atoms with Gasteiger partial charge in [-0.3, -0.25) is 0 Å². The van der Waals surface area contributed by atoms with Crippen molar-refractivity contribution in [2.75, 3.05) is 6.61 Å². The van der Waals surface area contributed by atoms with Gasteiger partial charge in [0.2, 0.25) is 0 Å². The normalized spacial score (nSPS) is 26.5. The number of aliphatic hydroxyl groups is 1. The van der Waals surface area contributed by atoms with Crippen LogP contribution in [0.15, 0.2) is 0 Å². The van der Waals surface area contributed by atoms with Crippen molar-refractivity contribution in [3.8, 4) is 0 Å². The van der Waals surface area contributed by atoms with Crippen molar-refractivity contribution in [1.29, 1.82) is 0 Å². The first-order chi connectivity index (χ1) is 8.34. The summed E-state index contributed by atoms with van der Waals surface area (Å²) in [5.74, 6) is 0. The van der Waals surface area contributed by atoms with E-state index in [0.29, 0.717) is 0 Å². The van der Waals surface area contributed by atoms with E-state index in [1.54, 1.807) is 0 Å². The van der Waals surface area contributed by atoms with E-state index in [0.717, 1.165) is 32.3 Å². The number of aliphatic hydroxyl groups excluding tert-OH is 1. The highest BCUT2D eigenvalue weighted by molar-refractivity contribution is 4.72. The third kappa shape index (κ3) is 7.05. The zero-order chi connectivity index (χ0) is 12.3. The first-order valence-corrected chi connectivity index (χ1v) is 7.64. The standard InChI is InChI=1S/C15H30O2/c1-2-3-4-7-10-13-17-15-12-9-6-5-8-11-14(15)16/h14-16H,2-13H2,1H3. The van der Waals surface area contributed by atoms with E-state index < -0.39 is 0 Å². The van der Waals surface area contributed by atoms with Gasteiger partial charge in [-0.15, -0.1) is 0 Å². The van der Waals surface area contributed by atoms with Crippen LogP contribution in [0, 0.1) is 0 Å². The minimum atomic E-state index is -0.217. The molecule has 2 unspecified atom stereocenters. The van der Waals surface area contributed by atoms with E-state index in [-0.39, 0.29) is 12.2 Å².